The Morgan fingerprint density at radius 3 is 2.50 bits per heavy atom. The molecule has 1 aliphatic rings. The third-order valence-corrected chi connectivity index (χ3v) is 4.53. The lowest BCUT2D eigenvalue weighted by molar-refractivity contribution is 0.0868. The van der Waals surface area contributed by atoms with E-state index in [0.717, 1.165) is 17.7 Å². The fraction of sp³-hybridized carbons (Fsp3) is 0.611. The number of hydrogen-bond acceptors (Lipinski definition) is 2. The van der Waals surface area contributed by atoms with Crippen LogP contribution in [0.5, 0.6) is 0 Å². The number of hydrogen-bond donors (Lipinski definition) is 0. The van der Waals surface area contributed by atoms with E-state index in [-0.39, 0.29) is 5.78 Å². The van der Waals surface area contributed by atoms with Gasteiger partial charge < -0.3 is 0 Å². The standard InChI is InChI=1S/C18H27NO/c1-4-19(16-8-6-5-7-9-16)13-18(20)17-11-10-14(2)12-15(17)3/h10-12,16H,4-9,13H2,1-3H3. The molecule has 0 amide bonds. The van der Waals surface area contributed by atoms with Gasteiger partial charge in [-0.15, -0.1) is 0 Å². The second-order valence-corrected chi connectivity index (χ2v) is 6.10. The first kappa shape index (κ1) is 15.2. The lowest BCUT2D eigenvalue weighted by atomic mass is 9.93. The largest absolute Gasteiger partial charge is 0.293 e. The molecule has 110 valence electrons. The van der Waals surface area contributed by atoms with Crippen LogP contribution in [-0.2, 0) is 0 Å². The maximum atomic E-state index is 12.5. The first-order valence-electron chi connectivity index (χ1n) is 7.96. The lowest BCUT2D eigenvalue weighted by Gasteiger charge is -2.33. The Balaban J connectivity index is 2.04. The second-order valence-electron chi connectivity index (χ2n) is 6.10. The van der Waals surface area contributed by atoms with Crippen LogP contribution < -0.4 is 0 Å². The molecule has 1 aromatic carbocycles. The molecule has 0 atom stereocenters. The summed E-state index contributed by atoms with van der Waals surface area (Å²) in [5.74, 6) is 0.273. The second kappa shape index (κ2) is 7.03. The van der Waals surface area contributed by atoms with Crippen LogP contribution in [0.4, 0.5) is 0 Å². The summed E-state index contributed by atoms with van der Waals surface area (Å²) in [5.41, 5.74) is 3.22. The van der Waals surface area contributed by atoms with Crippen molar-refractivity contribution in [2.45, 2.75) is 58.9 Å². The summed E-state index contributed by atoms with van der Waals surface area (Å²) in [4.78, 5) is 14.9. The molecule has 2 heteroatoms. The molecule has 2 rings (SSSR count). The number of benzene rings is 1. The number of aryl methyl sites for hydroxylation is 2. The van der Waals surface area contributed by atoms with Crippen LogP contribution in [0.15, 0.2) is 18.2 Å². The van der Waals surface area contributed by atoms with Crippen molar-refractivity contribution in [3.8, 4) is 0 Å². The van der Waals surface area contributed by atoms with Crippen LogP contribution >= 0.6 is 0 Å². The molecule has 0 saturated heterocycles. The van der Waals surface area contributed by atoms with Crippen LogP contribution in [0.25, 0.3) is 0 Å². The smallest absolute Gasteiger partial charge is 0.177 e. The normalized spacial score (nSPS) is 16.6. The third-order valence-electron chi connectivity index (χ3n) is 4.53. The summed E-state index contributed by atoms with van der Waals surface area (Å²) in [5, 5.41) is 0. The van der Waals surface area contributed by atoms with E-state index in [0.29, 0.717) is 12.6 Å². The number of ketones is 1. The quantitative estimate of drug-likeness (QED) is 0.751. The molecule has 0 heterocycles. The number of carbonyl (C=O) groups is 1. The van der Waals surface area contributed by atoms with Crippen LogP contribution in [0.1, 0.15) is 60.5 Å². The minimum Gasteiger partial charge on any atom is -0.293 e. The highest BCUT2D eigenvalue weighted by atomic mass is 16.1. The van der Waals surface area contributed by atoms with Gasteiger partial charge in [0.05, 0.1) is 6.54 Å². The Labute approximate surface area is 123 Å². The molecule has 1 fully saturated rings. The monoisotopic (exact) mass is 273 g/mol. The van der Waals surface area contributed by atoms with Gasteiger partial charge in [-0.25, -0.2) is 0 Å². The summed E-state index contributed by atoms with van der Waals surface area (Å²) in [6, 6.07) is 6.74. The maximum Gasteiger partial charge on any atom is 0.177 e. The molecule has 2 nitrogen and oxygen atoms in total. The van der Waals surface area contributed by atoms with Gasteiger partial charge in [0.1, 0.15) is 0 Å². The zero-order valence-electron chi connectivity index (χ0n) is 13.1. The predicted octanol–water partition coefficient (Wildman–Crippen LogP) is 4.14. The fourth-order valence-corrected chi connectivity index (χ4v) is 3.34. The summed E-state index contributed by atoms with van der Waals surface area (Å²) in [6.45, 7) is 7.83. The van der Waals surface area contributed by atoms with Crippen molar-refractivity contribution in [3.05, 3.63) is 34.9 Å². The van der Waals surface area contributed by atoms with Gasteiger partial charge in [-0.2, -0.15) is 0 Å². The highest BCUT2D eigenvalue weighted by molar-refractivity contribution is 5.99. The summed E-state index contributed by atoms with van der Waals surface area (Å²) < 4.78 is 0. The number of rotatable bonds is 5. The molecule has 0 N–H and O–H groups in total. The molecule has 1 aliphatic carbocycles. The Morgan fingerprint density at radius 2 is 1.90 bits per heavy atom. The minimum absolute atomic E-state index is 0.273. The van der Waals surface area contributed by atoms with Gasteiger partial charge in [0.15, 0.2) is 5.78 Å². The number of Topliss-reactive ketones (excluding diaryl/α,β-unsaturated/α-hetero) is 1. The van der Waals surface area contributed by atoms with E-state index in [1.54, 1.807) is 0 Å². The predicted molar refractivity (Wildman–Crippen MR) is 84.4 cm³/mol. The van der Waals surface area contributed by atoms with Gasteiger partial charge in [-0.3, -0.25) is 9.69 Å². The molecular weight excluding hydrogens is 246 g/mol. The van der Waals surface area contributed by atoms with Crippen LogP contribution in [-0.4, -0.2) is 29.8 Å². The van der Waals surface area contributed by atoms with E-state index >= 15 is 0 Å². The van der Waals surface area contributed by atoms with Crippen LogP contribution in [0, 0.1) is 13.8 Å². The van der Waals surface area contributed by atoms with Gasteiger partial charge in [-0.1, -0.05) is 49.9 Å². The molecule has 0 bridgehead atoms. The molecule has 0 unspecified atom stereocenters. The van der Waals surface area contributed by atoms with Gasteiger partial charge in [-0.05, 0) is 38.8 Å². The molecule has 20 heavy (non-hydrogen) atoms. The van der Waals surface area contributed by atoms with E-state index in [9.17, 15) is 4.79 Å². The first-order valence-corrected chi connectivity index (χ1v) is 7.96. The van der Waals surface area contributed by atoms with Crippen molar-refractivity contribution in [3.63, 3.8) is 0 Å². The Hall–Kier alpha value is -1.15. The van der Waals surface area contributed by atoms with Crippen molar-refractivity contribution in [2.75, 3.05) is 13.1 Å². The average molecular weight is 273 g/mol. The molecule has 0 radical (unpaired) electrons. The molecule has 0 aromatic heterocycles. The topological polar surface area (TPSA) is 20.3 Å². The van der Waals surface area contributed by atoms with Gasteiger partial charge >= 0.3 is 0 Å². The Bertz CT molecular complexity index is 460. The van der Waals surface area contributed by atoms with Crippen LogP contribution in [0.3, 0.4) is 0 Å². The lowest BCUT2D eigenvalue weighted by Crippen LogP contribution is -2.40. The fourth-order valence-electron chi connectivity index (χ4n) is 3.34. The van der Waals surface area contributed by atoms with Gasteiger partial charge in [0.25, 0.3) is 0 Å². The van der Waals surface area contributed by atoms with E-state index in [1.165, 1.54) is 37.7 Å². The van der Waals surface area contributed by atoms with Gasteiger partial charge in [0, 0.05) is 11.6 Å². The molecule has 0 spiro atoms. The highest BCUT2D eigenvalue weighted by Crippen LogP contribution is 2.23. The van der Waals surface area contributed by atoms with E-state index in [1.807, 2.05) is 19.1 Å². The Morgan fingerprint density at radius 1 is 1.20 bits per heavy atom. The van der Waals surface area contributed by atoms with Gasteiger partial charge in [0.2, 0.25) is 0 Å². The SMILES string of the molecule is CCN(CC(=O)c1ccc(C)cc1C)C1CCCCC1. The summed E-state index contributed by atoms with van der Waals surface area (Å²) in [6.07, 6.45) is 6.51. The van der Waals surface area contributed by atoms with E-state index in [4.69, 9.17) is 0 Å². The summed E-state index contributed by atoms with van der Waals surface area (Å²) >= 11 is 0. The van der Waals surface area contributed by atoms with Crippen molar-refractivity contribution in [1.29, 1.82) is 0 Å². The number of nitrogens with zero attached hydrogens (tertiary/aromatic N) is 1. The zero-order valence-corrected chi connectivity index (χ0v) is 13.1. The molecule has 1 aromatic rings. The van der Waals surface area contributed by atoms with E-state index in [2.05, 4.69) is 24.8 Å². The number of carbonyl (C=O) groups excluding carboxylic acids is 1. The van der Waals surface area contributed by atoms with Crippen molar-refractivity contribution < 1.29 is 4.79 Å². The zero-order chi connectivity index (χ0) is 14.5. The first-order chi connectivity index (χ1) is 9.61. The number of likely N-dealkylation sites (N-methyl/N-ethyl adjacent to an activating group) is 1. The highest BCUT2D eigenvalue weighted by Gasteiger charge is 2.22. The molecule has 0 aliphatic heterocycles. The average Bonchev–Trinajstić information content (AvgIpc) is 2.45. The minimum atomic E-state index is 0.273. The molecule has 1 saturated carbocycles. The molecular formula is C18H27NO. The van der Waals surface area contributed by atoms with Crippen molar-refractivity contribution in [2.24, 2.45) is 0 Å². The maximum absolute atomic E-state index is 12.5. The third kappa shape index (κ3) is 3.69. The van der Waals surface area contributed by atoms with E-state index < -0.39 is 0 Å². The van der Waals surface area contributed by atoms with Crippen molar-refractivity contribution >= 4 is 5.78 Å². The summed E-state index contributed by atoms with van der Waals surface area (Å²) in [7, 11) is 0. The Kier molecular flexibility index (Phi) is 5.36. The van der Waals surface area contributed by atoms with Crippen LogP contribution in [0.2, 0.25) is 0 Å². The van der Waals surface area contributed by atoms with Crippen molar-refractivity contribution in [1.82, 2.24) is 4.90 Å².